The first-order valence-corrected chi connectivity index (χ1v) is 12.9. The van der Waals surface area contributed by atoms with Gasteiger partial charge in [0.25, 0.3) is 0 Å². The number of rotatable bonds is 6. The molecule has 1 N–H and O–H groups in total. The molecule has 1 aromatic heterocycles. The lowest BCUT2D eigenvalue weighted by molar-refractivity contribution is -0.150. The van der Waals surface area contributed by atoms with Crippen LogP contribution in [0.2, 0.25) is 0 Å². The number of benzene rings is 2. The second kappa shape index (κ2) is 9.24. The molecule has 1 unspecified atom stereocenters. The largest absolute Gasteiger partial charge is 0.480 e. The minimum Gasteiger partial charge on any atom is -0.480 e. The summed E-state index contributed by atoms with van der Waals surface area (Å²) in [5, 5.41) is 9.21. The Morgan fingerprint density at radius 3 is 2.35 bits per heavy atom. The Labute approximate surface area is 222 Å². The summed E-state index contributed by atoms with van der Waals surface area (Å²) in [5.74, 6) is -1.06. The minimum atomic E-state index is -1.06. The predicted molar refractivity (Wildman–Crippen MR) is 137 cm³/mol. The van der Waals surface area contributed by atoms with E-state index in [0.29, 0.717) is 24.1 Å². The number of carbonyl (C=O) groups excluding carboxylic acids is 1. The highest BCUT2D eigenvalue weighted by atomic mass is 79.9. The first-order chi connectivity index (χ1) is 17.9. The van der Waals surface area contributed by atoms with E-state index in [1.165, 1.54) is 22.3 Å². The summed E-state index contributed by atoms with van der Waals surface area (Å²) >= 11 is 3.33. The number of hydrogen-bond donors (Lipinski definition) is 1. The van der Waals surface area contributed by atoms with E-state index < -0.39 is 23.8 Å². The Balaban J connectivity index is 1.11. The molecule has 2 saturated heterocycles. The van der Waals surface area contributed by atoms with Gasteiger partial charge in [-0.15, -0.1) is 0 Å². The Hall–Kier alpha value is -3.27. The molecule has 0 saturated carbocycles. The average molecular weight is 565 g/mol. The summed E-state index contributed by atoms with van der Waals surface area (Å²) < 4.78 is 18.5. The number of nitrogens with zero attached hydrogens (tertiary/aromatic N) is 2. The second-order valence-electron chi connectivity index (χ2n) is 9.85. The zero-order valence-corrected chi connectivity index (χ0v) is 21.5. The first-order valence-electron chi connectivity index (χ1n) is 12.1. The molecule has 8 nitrogen and oxygen atoms in total. The zero-order chi connectivity index (χ0) is 25.6. The third-order valence-electron chi connectivity index (χ3n) is 7.50. The van der Waals surface area contributed by atoms with Gasteiger partial charge in [0.15, 0.2) is 0 Å². The first kappa shape index (κ1) is 24.1. The molecule has 2 aromatic carbocycles. The topological polar surface area (TPSA) is 98.2 Å². The summed E-state index contributed by atoms with van der Waals surface area (Å²) in [6.45, 7) is 0.693. The molecule has 2 fully saturated rings. The maximum absolute atomic E-state index is 13.0. The van der Waals surface area contributed by atoms with Crippen LogP contribution in [-0.2, 0) is 24.6 Å². The lowest BCUT2D eigenvalue weighted by Crippen LogP contribution is -2.63. The van der Waals surface area contributed by atoms with E-state index in [-0.39, 0.29) is 25.2 Å². The number of likely N-dealkylation sites (tertiary alicyclic amines) is 1. The van der Waals surface area contributed by atoms with Crippen molar-refractivity contribution in [2.45, 2.75) is 23.5 Å². The van der Waals surface area contributed by atoms with Crippen molar-refractivity contribution < 1.29 is 28.9 Å². The number of carboxylic acids is 1. The van der Waals surface area contributed by atoms with Gasteiger partial charge in [0.2, 0.25) is 0 Å². The number of carbonyl (C=O) groups is 2. The highest BCUT2D eigenvalue weighted by Gasteiger charge is 2.58. The maximum atomic E-state index is 13.0. The standard InChI is InChI=1S/C28H25BrN2O6/c29-24-10-9-18(11-30-24)28(36-13-25(32)33)14-27(37-17-28)15-31(16-27)26(34)35-12-23-21-7-3-1-5-19(21)20-6-2-4-8-22(20)23/h1-11,23H,12-17H2,(H,32,33). The SMILES string of the molecule is O=C(O)COC1(c2ccc(Br)nc2)COC2(CN(C(=O)OCC3c4ccccc4-c4ccccc43)C2)C1. The number of aliphatic carboxylic acids is 1. The van der Waals surface area contributed by atoms with Gasteiger partial charge in [0.1, 0.15) is 29.0 Å². The smallest absolute Gasteiger partial charge is 0.409 e. The van der Waals surface area contributed by atoms with Crippen LogP contribution >= 0.6 is 15.9 Å². The number of amides is 1. The van der Waals surface area contributed by atoms with Gasteiger partial charge in [-0.2, -0.15) is 0 Å². The normalized spacial score (nSPS) is 21.4. The molecule has 1 aliphatic carbocycles. The van der Waals surface area contributed by atoms with Crippen LogP contribution in [0.4, 0.5) is 4.79 Å². The number of halogens is 1. The fourth-order valence-electron chi connectivity index (χ4n) is 5.77. The van der Waals surface area contributed by atoms with Gasteiger partial charge in [0, 0.05) is 24.1 Å². The van der Waals surface area contributed by atoms with Gasteiger partial charge < -0.3 is 24.2 Å². The number of hydrogen-bond acceptors (Lipinski definition) is 6. The molecule has 3 aromatic rings. The molecule has 6 rings (SSSR count). The van der Waals surface area contributed by atoms with Crippen LogP contribution in [0.25, 0.3) is 11.1 Å². The van der Waals surface area contributed by atoms with Gasteiger partial charge in [-0.25, -0.2) is 14.6 Å². The number of fused-ring (bicyclic) bond motifs is 3. The van der Waals surface area contributed by atoms with Crippen molar-refractivity contribution in [3.63, 3.8) is 0 Å². The van der Waals surface area contributed by atoms with Crippen LogP contribution in [0, 0.1) is 0 Å². The van der Waals surface area contributed by atoms with Gasteiger partial charge in [-0.3, -0.25) is 0 Å². The average Bonchev–Trinajstić information content (AvgIpc) is 3.43. The van der Waals surface area contributed by atoms with Crippen LogP contribution < -0.4 is 0 Å². The molecular weight excluding hydrogens is 540 g/mol. The van der Waals surface area contributed by atoms with E-state index in [4.69, 9.17) is 14.2 Å². The molecule has 37 heavy (non-hydrogen) atoms. The lowest BCUT2D eigenvalue weighted by Gasteiger charge is -2.46. The number of aromatic nitrogens is 1. The van der Waals surface area contributed by atoms with Crippen LogP contribution in [0.1, 0.15) is 29.0 Å². The van der Waals surface area contributed by atoms with Gasteiger partial charge >= 0.3 is 12.1 Å². The minimum absolute atomic E-state index is 0.00343. The van der Waals surface area contributed by atoms with Gasteiger partial charge in [0.05, 0.1) is 19.7 Å². The Morgan fingerprint density at radius 1 is 1.05 bits per heavy atom. The summed E-state index contributed by atoms with van der Waals surface area (Å²) in [6, 6.07) is 20.1. The Bertz CT molecular complexity index is 1310. The maximum Gasteiger partial charge on any atom is 0.409 e. The quantitative estimate of drug-likeness (QED) is 0.438. The molecule has 1 atom stereocenters. The third kappa shape index (κ3) is 4.31. The van der Waals surface area contributed by atoms with Crippen LogP contribution in [0.5, 0.6) is 0 Å². The monoisotopic (exact) mass is 564 g/mol. The van der Waals surface area contributed by atoms with Crippen LogP contribution in [0.15, 0.2) is 71.5 Å². The summed E-state index contributed by atoms with van der Waals surface area (Å²) in [5.41, 5.74) is 3.88. The molecule has 3 aliphatic rings. The highest BCUT2D eigenvalue weighted by Crippen LogP contribution is 2.48. The fourth-order valence-corrected chi connectivity index (χ4v) is 6.00. The Kier molecular flexibility index (Phi) is 6.01. The van der Waals surface area contributed by atoms with E-state index in [1.54, 1.807) is 17.2 Å². The van der Waals surface area contributed by atoms with Gasteiger partial charge in [-0.05, 0) is 44.3 Å². The zero-order valence-electron chi connectivity index (χ0n) is 19.9. The lowest BCUT2D eigenvalue weighted by atomic mass is 9.82. The molecule has 1 amide bonds. The van der Waals surface area contributed by atoms with E-state index in [0.717, 1.165) is 5.56 Å². The number of ether oxygens (including phenoxy) is 3. The summed E-state index contributed by atoms with van der Waals surface area (Å²) in [4.78, 5) is 30.1. The molecule has 9 heteroatoms. The summed E-state index contributed by atoms with van der Waals surface area (Å²) in [6.07, 6.45) is 1.70. The highest BCUT2D eigenvalue weighted by molar-refractivity contribution is 9.10. The van der Waals surface area contributed by atoms with Crippen molar-refractivity contribution >= 4 is 28.0 Å². The van der Waals surface area contributed by atoms with E-state index in [2.05, 4.69) is 45.2 Å². The predicted octanol–water partition coefficient (Wildman–Crippen LogP) is 4.56. The van der Waals surface area contributed by atoms with Crippen molar-refractivity contribution in [1.29, 1.82) is 0 Å². The molecule has 0 radical (unpaired) electrons. The van der Waals surface area contributed by atoms with Gasteiger partial charge in [-0.1, -0.05) is 54.6 Å². The summed E-state index contributed by atoms with van der Waals surface area (Å²) in [7, 11) is 0. The molecule has 2 aliphatic heterocycles. The van der Waals surface area contributed by atoms with Crippen molar-refractivity contribution in [1.82, 2.24) is 9.88 Å². The molecule has 1 spiro atoms. The number of carboxylic acid groups (broad SMARTS) is 1. The number of pyridine rings is 1. The van der Waals surface area contributed by atoms with E-state index in [1.807, 2.05) is 30.3 Å². The second-order valence-corrected chi connectivity index (χ2v) is 10.7. The fraction of sp³-hybridized carbons (Fsp3) is 0.321. The van der Waals surface area contributed by atoms with Crippen molar-refractivity contribution in [2.24, 2.45) is 0 Å². The van der Waals surface area contributed by atoms with Crippen LogP contribution in [0.3, 0.4) is 0 Å². The van der Waals surface area contributed by atoms with Crippen molar-refractivity contribution in [3.05, 3.63) is 88.2 Å². The molecular formula is C28H25BrN2O6. The van der Waals surface area contributed by atoms with Crippen LogP contribution in [-0.4, -0.2) is 65.6 Å². The third-order valence-corrected chi connectivity index (χ3v) is 7.97. The molecule has 3 heterocycles. The Morgan fingerprint density at radius 2 is 1.73 bits per heavy atom. The molecule has 190 valence electrons. The van der Waals surface area contributed by atoms with E-state index in [9.17, 15) is 14.7 Å². The molecule has 0 bridgehead atoms. The van der Waals surface area contributed by atoms with Crippen molar-refractivity contribution in [3.8, 4) is 11.1 Å². The van der Waals surface area contributed by atoms with Crippen molar-refractivity contribution in [2.75, 3.05) is 32.9 Å². The van der Waals surface area contributed by atoms with E-state index >= 15 is 0 Å².